The number of rotatable bonds is 5. The molecule has 25 heavy (non-hydrogen) atoms. The Labute approximate surface area is 149 Å². The quantitative estimate of drug-likeness (QED) is 0.864. The highest BCUT2D eigenvalue weighted by Gasteiger charge is 2.31. The van der Waals surface area contributed by atoms with Crippen LogP contribution in [0, 0.1) is 0 Å². The maximum Gasteiger partial charge on any atom is 0.240 e. The summed E-state index contributed by atoms with van der Waals surface area (Å²) in [5.74, 6) is 1.02. The van der Waals surface area contributed by atoms with Gasteiger partial charge in [-0.05, 0) is 36.4 Å². The average molecular weight is 355 g/mol. The fourth-order valence-electron chi connectivity index (χ4n) is 2.26. The number of anilines is 1. The van der Waals surface area contributed by atoms with Crippen molar-refractivity contribution in [1.29, 1.82) is 0 Å². The first-order valence-corrected chi connectivity index (χ1v) is 8.59. The molecule has 7 heteroatoms. The number of thioether (sulfide) groups is 1. The van der Waals surface area contributed by atoms with Gasteiger partial charge in [-0.25, -0.2) is 0 Å². The lowest BCUT2D eigenvalue weighted by molar-refractivity contribution is -0.122. The van der Waals surface area contributed by atoms with Gasteiger partial charge in [-0.1, -0.05) is 30.0 Å². The van der Waals surface area contributed by atoms with Gasteiger partial charge in [0.1, 0.15) is 16.7 Å². The normalized spacial score (nSPS) is 18.0. The molecule has 0 unspecified atom stereocenters. The van der Waals surface area contributed by atoms with Crippen LogP contribution in [0.2, 0.25) is 0 Å². The van der Waals surface area contributed by atoms with Crippen molar-refractivity contribution in [2.75, 3.05) is 12.4 Å². The highest BCUT2D eigenvalue weighted by Crippen LogP contribution is 2.24. The van der Waals surface area contributed by atoms with Crippen LogP contribution in [-0.2, 0) is 9.59 Å². The largest absolute Gasteiger partial charge is 0.457 e. The SMILES string of the molecule is CN=C1NC(=O)[C@@H](CC(=O)Nc2ccc(Oc3ccccc3)cc2)S1. The van der Waals surface area contributed by atoms with Gasteiger partial charge in [0.2, 0.25) is 11.8 Å². The number of nitrogens with zero attached hydrogens (tertiary/aromatic N) is 1. The first-order valence-electron chi connectivity index (χ1n) is 7.71. The van der Waals surface area contributed by atoms with Gasteiger partial charge in [0.15, 0.2) is 5.17 Å². The molecular weight excluding hydrogens is 338 g/mol. The molecule has 0 aliphatic carbocycles. The first kappa shape index (κ1) is 17.0. The lowest BCUT2D eigenvalue weighted by Crippen LogP contribution is -2.28. The number of ether oxygens (including phenoxy) is 1. The lowest BCUT2D eigenvalue weighted by Gasteiger charge is -2.09. The smallest absolute Gasteiger partial charge is 0.240 e. The minimum Gasteiger partial charge on any atom is -0.457 e. The molecule has 0 aromatic heterocycles. The number of hydrogen-bond donors (Lipinski definition) is 2. The number of hydrogen-bond acceptors (Lipinski definition) is 5. The summed E-state index contributed by atoms with van der Waals surface area (Å²) in [7, 11) is 1.60. The summed E-state index contributed by atoms with van der Waals surface area (Å²) in [6.45, 7) is 0. The monoisotopic (exact) mass is 355 g/mol. The summed E-state index contributed by atoms with van der Waals surface area (Å²) >= 11 is 1.27. The highest BCUT2D eigenvalue weighted by molar-refractivity contribution is 8.15. The van der Waals surface area contributed by atoms with Crippen LogP contribution in [-0.4, -0.2) is 29.3 Å². The van der Waals surface area contributed by atoms with Crippen molar-refractivity contribution in [3.05, 3.63) is 54.6 Å². The zero-order chi connectivity index (χ0) is 17.6. The van der Waals surface area contributed by atoms with Crippen LogP contribution in [0.1, 0.15) is 6.42 Å². The van der Waals surface area contributed by atoms with Crippen molar-refractivity contribution in [3.63, 3.8) is 0 Å². The second-order valence-electron chi connectivity index (χ2n) is 5.32. The predicted molar refractivity (Wildman–Crippen MR) is 99.1 cm³/mol. The van der Waals surface area contributed by atoms with Gasteiger partial charge in [0.05, 0.1) is 0 Å². The fourth-order valence-corrected chi connectivity index (χ4v) is 3.19. The van der Waals surface area contributed by atoms with E-state index in [1.54, 1.807) is 31.3 Å². The summed E-state index contributed by atoms with van der Waals surface area (Å²) in [6, 6.07) is 16.5. The summed E-state index contributed by atoms with van der Waals surface area (Å²) in [5, 5.41) is 5.52. The molecule has 0 bridgehead atoms. The van der Waals surface area contributed by atoms with E-state index in [2.05, 4.69) is 15.6 Å². The van der Waals surface area contributed by atoms with E-state index in [0.717, 1.165) is 5.75 Å². The van der Waals surface area contributed by atoms with Crippen LogP contribution >= 0.6 is 11.8 Å². The number of carbonyl (C=O) groups is 2. The van der Waals surface area contributed by atoms with E-state index in [0.29, 0.717) is 16.6 Å². The summed E-state index contributed by atoms with van der Waals surface area (Å²) < 4.78 is 5.70. The van der Waals surface area contributed by atoms with E-state index in [1.807, 2.05) is 30.3 Å². The molecule has 1 heterocycles. The molecule has 1 saturated heterocycles. The van der Waals surface area contributed by atoms with Crippen LogP contribution in [0.4, 0.5) is 5.69 Å². The maximum absolute atomic E-state index is 12.1. The van der Waals surface area contributed by atoms with Crippen molar-refractivity contribution < 1.29 is 14.3 Å². The third kappa shape index (κ3) is 4.60. The standard InChI is InChI=1S/C18H17N3O3S/c1-19-18-21-17(23)15(25-18)11-16(22)20-12-7-9-14(10-8-12)24-13-5-3-2-4-6-13/h2-10,15H,11H2,1H3,(H,20,22)(H,19,21,23)/t15-/m1/s1. The van der Waals surface area contributed by atoms with E-state index in [1.165, 1.54) is 11.8 Å². The van der Waals surface area contributed by atoms with E-state index >= 15 is 0 Å². The Balaban J connectivity index is 1.54. The number of carbonyl (C=O) groups excluding carboxylic acids is 2. The molecule has 2 N–H and O–H groups in total. The van der Waals surface area contributed by atoms with E-state index < -0.39 is 5.25 Å². The number of benzene rings is 2. The van der Waals surface area contributed by atoms with Crippen LogP contribution in [0.5, 0.6) is 11.5 Å². The van der Waals surface area contributed by atoms with Gasteiger partial charge in [-0.2, -0.15) is 0 Å². The zero-order valence-electron chi connectivity index (χ0n) is 13.6. The average Bonchev–Trinajstić information content (AvgIpc) is 2.97. The van der Waals surface area contributed by atoms with E-state index in [-0.39, 0.29) is 18.2 Å². The topological polar surface area (TPSA) is 79.8 Å². The number of amidine groups is 1. The number of nitrogens with one attached hydrogen (secondary N) is 2. The van der Waals surface area contributed by atoms with E-state index in [4.69, 9.17) is 4.74 Å². The van der Waals surface area contributed by atoms with Crippen LogP contribution in [0.15, 0.2) is 59.6 Å². The number of amides is 2. The molecule has 1 fully saturated rings. The van der Waals surface area contributed by atoms with Gasteiger partial charge < -0.3 is 15.4 Å². The first-order chi connectivity index (χ1) is 12.1. The molecular formula is C18H17N3O3S. The van der Waals surface area contributed by atoms with Gasteiger partial charge in [0, 0.05) is 19.2 Å². The van der Waals surface area contributed by atoms with Gasteiger partial charge in [-0.15, -0.1) is 0 Å². The fraction of sp³-hybridized carbons (Fsp3) is 0.167. The predicted octanol–water partition coefficient (Wildman–Crippen LogP) is 3.02. The summed E-state index contributed by atoms with van der Waals surface area (Å²) in [6.07, 6.45) is 0.0950. The van der Waals surface area contributed by atoms with Crippen LogP contribution in [0.3, 0.4) is 0 Å². The zero-order valence-corrected chi connectivity index (χ0v) is 14.4. The molecule has 2 aromatic carbocycles. The van der Waals surface area contributed by atoms with Crippen molar-refractivity contribution in [1.82, 2.24) is 5.32 Å². The molecule has 128 valence electrons. The molecule has 2 amide bonds. The number of para-hydroxylation sites is 1. The van der Waals surface area contributed by atoms with Crippen LogP contribution < -0.4 is 15.4 Å². The number of aliphatic imine (C=N–C) groups is 1. The van der Waals surface area contributed by atoms with E-state index in [9.17, 15) is 9.59 Å². The molecule has 0 spiro atoms. The molecule has 0 radical (unpaired) electrons. The summed E-state index contributed by atoms with van der Waals surface area (Å²) in [4.78, 5) is 27.8. The molecule has 1 aliphatic rings. The molecule has 3 rings (SSSR count). The maximum atomic E-state index is 12.1. The molecule has 1 aliphatic heterocycles. The van der Waals surface area contributed by atoms with Crippen LogP contribution in [0.25, 0.3) is 0 Å². The van der Waals surface area contributed by atoms with Crippen molar-refractivity contribution >= 4 is 34.4 Å². The third-order valence-corrected chi connectivity index (χ3v) is 4.64. The minimum atomic E-state index is -0.445. The Morgan fingerprint density at radius 3 is 2.48 bits per heavy atom. The Kier molecular flexibility index (Phi) is 5.35. The molecule has 2 aromatic rings. The molecule has 6 nitrogen and oxygen atoms in total. The van der Waals surface area contributed by atoms with Gasteiger partial charge in [-0.3, -0.25) is 14.6 Å². The second-order valence-corrected chi connectivity index (χ2v) is 6.51. The third-order valence-electron chi connectivity index (χ3n) is 3.47. The molecule has 0 saturated carbocycles. The Bertz CT molecular complexity index is 791. The van der Waals surface area contributed by atoms with Crippen molar-refractivity contribution in [3.8, 4) is 11.5 Å². The molecule has 1 atom stereocenters. The minimum absolute atomic E-state index is 0.0950. The second kappa shape index (κ2) is 7.85. The summed E-state index contributed by atoms with van der Waals surface area (Å²) in [5.41, 5.74) is 0.651. The van der Waals surface area contributed by atoms with Crippen molar-refractivity contribution in [2.24, 2.45) is 4.99 Å². The van der Waals surface area contributed by atoms with Crippen molar-refractivity contribution in [2.45, 2.75) is 11.7 Å². The highest BCUT2D eigenvalue weighted by atomic mass is 32.2. The Morgan fingerprint density at radius 2 is 1.84 bits per heavy atom. The lowest BCUT2D eigenvalue weighted by atomic mass is 10.2. The Hall–Kier alpha value is -2.80. The van der Waals surface area contributed by atoms with Gasteiger partial charge in [0.25, 0.3) is 0 Å². The van der Waals surface area contributed by atoms with Gasteiger partial charge >= 0.3 is 0 Å². The Morgan fingerprint density at radius 1 is 1.16 bits per heavy atom.